The molecule has 1 fully saturated rings. The molecule has 138 valence electrons. The number of ether oxygens (including phenoxy) is 1. The summed E-state index contributed by atoms with van der Waals surface area (Å²) >= 11 is 0.605. The lowest BCUT2D eigenvalue weighted by atomic mass is 9.79. The van der Waals surface area contributed by atoms with Crippen molar-refractivity contribution >= 4 is 35.1 Å². The van der Waals surface area contributed by atoms with Crippen LogP contribution in [0.3, 0.4) is 0 Å². The topological polar surface area (TPSA) is 93.7 Å². The van der Waals surface area contributed by atoms with Gasteiger partial charge in [-0.25, -0.2) is 0 Å². The van der Waals surface area contributed by atoms with E-state index in [1.807, 2.05) is 6.92 Å². The summed E-state index contributed by atoms with van der Waals surface area (Å²) in [5.41, 5.74) is 0. The average Bonchev–Trinajstić information content (AvgIpc) is 2.53. The fourth-order valence-electron chi connectivity index (χ4n) is 2.31. The van der Waals surface area contributed by atoms with Crippen LogP contribution in [0.5, 0.6) is 0 Å². The van der Waals surface area contributed by atoms with E-state index in [-0.39, 0.29) is 36.0 Å². The van der Waals surface area contributed by atoms with Crippen molar-refractivity contribution in [2.45, 2.75) is 45.1 Å². The highest BCUT2D eigenvalue weighted by Crippen LogP contribution is 2.27. The SMILES string of the molecule is C=[SH]OCCNC(=O)[C@H]1C[C@@H](NC(=O)CCOCCC(=O)CC)C1. The Balaban J connectivity index is 2.00. The minimum absolute atomic E-state index is 0.00810. The van der Waals surface area contributed by atoms with Crippen molar-refractivity contribution in [3.05, 3.63) is 0 Å². The van der Waals surface area contributed by atoms with E-state index in [1.54, 1.807) is 0 Å². The maximum atomic E-state index is 11.8. The van der Waals surface area contributed by atoms with Gasteiger partial charge in [-0.3, -0.25) is 14.4 Å². The number of carbonyl (C=O) groups is 3. The molecule has 0 heterocycles. The Morgan fingerprint density at radius 3 is 2.54 bits per heavy atom. The van der Waals surface area contributed by atoms with Crippen LogP contribution >= 0.6 is 11.6 Å². The molecule has 0 aromatic carbocycles. The van der Waals surface area contributed by atoms with Gasteiger partial charge in [-0.1, -0.05) is 24.4 Å². The minimum Gasteiger partial charge on any atom is -0.380 e. The quantitative estimate of drug-likeness (QED) is 0.254. The first-order chi connectivity index (χ1) is 11.6. The summed E-state index contributed by atoms with van der Waals surface area (Å²) in [6.07, 6.45) is 2.52. The molecule has 1 aliphatic rings. The lowest BCUT2D eigenvalue weighted by Crippen LogP contribution is -2.49. The molecule has 7 nitrogen and oxygen atoms in total. The zero-order valence-electron chi connectivity index (χ0n) is 14.2. The van der Waals surface area contributed by atoms with Crippen LogP contribution in [0.1, 0.15) is 39.0 Å². The molecule has 0 aliphatic heterocycles. The molecule has 0 unspecified atom stereocenters. The fraction of sp³-hybridized carbons (Fsp3) is 0.750. The normalized spacial score (nSPS) is 19.4. The molecule has 0 spiro atoms. The van der Waals surface area contributed by atoms with Crippen molar-refractivity contribution in [1.29, 1.82) is 0 Å². The molecule has 0 radical (unpaired) electrons. The zero-order chi connectivity index (χ0) is 17.8. The summed E-state index contributed by atoms with van der Waals surface area (Å²) in [5, 5.41) is 5.69. The lowest BCUT2D eigenvalue weighted by Gasteiger charge is -2.34. The Kier molecular flexibility index (Phi) is 10.5. The van der Waals surface area contributed by atoms with E-state index in [0.717, 1.165) is 0 Å². The van der Waals surface area contributed by atoms with E-state index in [1.165, 1.54) is 0 Å². The highest BCUT2D eigenvalue weighted by Gasteiger charge is 2.34. The van der Waals surface area contributed by atoms with Gasteiger partial charge in [0.1, 0.15) is 5.78 Å². The predicted molar refractivity (Wildman–Crippen MR) is 95.1 cm³/mol. The van der Waals surface area contributed by atoms with Crippen LogP contribution in [0.25, 0.3) is 0 Å². The third-order valence-electron chi connectivity index (χ3n) is 3.85. The lowest BCUT2D eigenvalue weighted by molar-refractivity contribution is -0.131. The number of nitrogens with one attached hydrogen (secondary N) is 2. The van der Waals surface area contributed by atoms with Crippen molar-refractivity contribution in [2.75, 3.05) is 26.4 Å². The largest absolute Gasteiger partial charge is 0.380 e. The van der Waals surface area contributed by atoms with Crippen molar-refractivity contribution in [3.8, 4) is 0 Å². The van der Waals surface area contributed by atoms with Crippen LogP contribution in [0.4, 0.5) is 0 Å². The Bertz CT molecular complexity index is 438. The number of ketones is 1. The van der Waals surface area contributed by atoms with Crippen molar-refractivity contribution < 1.29 is 23.3 Å². The summed E-state index contributed by atoms with van der Waals surface area (Å²) in [4.78, 5) is 34.6. The van der Waals surface area contributed by atoms with Gasteiger partial charge >= 0.3 is 0 Å². The van der Waals surface area contributed by atoms with E-state index in [2.05, 4.69) is 16.5 Å². The van der Waals surface area contributed by atoms with Crippen molar-refractivity contribution in [2.24, 2.45) is 5.92 Å². The maximum Gasteiger partial charge on any atom is 0.223 e. The Labute approximate surface area is 147 Å². The van der Waals surface area contributed by atoms with Gasteiger partial charge < -0.3 is 19.6 Å². The molecular formula is C16H28N2O5S. The number of hydrogen-bond donors (Lipinski definition) is 3. The van der Waals surface area contributed by atoms with Crippen LogP contribution in [0, 0.1) is 5.92 Å². The van der Waals surface area contributed by atoms with Crippen LogP contribution in [0.2, 0.25) is 0 Å². The smallest absolute Gasteiger partial charge is 0.223 e. The summed E-state index contributed by atoms with van der Waals surface area (Å²) < 4.78 is 10.3. The van der Waals surface area contributed by atoms with Crippen LogP contribution < -0.4 is 10.6 Å². The van der Waals surface area contributed by atoms with E-state index in [9.17, 15) is 14.4 Å². The molecule has 0 bridgehead atoms. The summed E-state index contributed by atoms with van der Waals surface area (Å²) in [6.45, 7) is 3.42. The second kappa shape index (κ2) is 12.2. The fourth-order valence-corrected chi connectivity index (χ4v) is 2.53. The summed E-state index contributed by atoms with van der Waals surface area (Å²) in [5.74, 6) is 3.57. The zero-order valence-corrected chi connectivity index (χ0v) is 15.1. The molecule has 1 aliphatic carbocycles. The molecule has 2 amide bonds. The molecular weight excluding hydrogens is 332 g/mol. The molecule has 1 saturated carbocycles. The number of amides is 2. The van der Waals surface area contributed by atoms with Gasteiger partial charge in [-0.15, -0.1) is 0 Å². The molecule has 2 N–H and O–H groups in total. The van der Waals surface area contributed by atoms with Crippen LogP contribution in [-0.4, -0.2) is 55.9 Å². The van der Waals surface area contributed by atoms with Gasteiger partial charge in [0.15, 0.2) is 0 Å². The highest BCUT2D eigenvalue weighted by atomic mass is 32.2. The molecule has 0 atom stereocenters. The molecule has 0 aromatic heterocycles. The molecule has 0 saturated heterocycles. The molecule has 0 aromatic rings. The van der Waals surface area contributed by atoms with Crippen LogP contribution in [-0.2, 0) is 23.3 Å². The van der Waals surface area contributed by atoms with Crippen LogP contribution in [0.15, 0.2) is 0 Å². The predicted octanol–water partition coefficient (Wildman–Crippen LogP) is 0.602. The van der Waals surface area contributed by atoms with Gasteiger partial charge in [-0.2, -0.15) is 0 Å². The van der Waals surface area contributed by atoms with Gasteiger partial charge in [-0.05, 0) is 12.8 Å². The van der Waals surface area contributed by atoms with E-state index in [0.29, 0.717) is 63.7 Å². The number of hydrogen-bond acceptors (Lipinski definition) is 5. The standard InChI is InChI=1S/C16H28N2O5S/c1-3-14(19)4-7-22-8-5-15(20)18-13-10-12(11-13)16(21)17-6-9-23-24-2/h12-13,24H,2-11H2,1H3,(H,17,21)(H,18,20)/t12-,13+. The Morgan fingerprint density at radius 1 is 1.17 bits per heavy atom. The van der Waals surface area contributed by atoms with Crippen molar-refractivity contribution in [1.82, 2.24) is 10.6 Å². The second-order valence-corrected chi connectivity index (χ2v) is 6.21. The average molecular weight is 360 g/mol. The van der Waals surface area contributed by atoms with Gasteiger partial charge in [0, 0.05) is 37.8 Å². The maximum absolute atomic E-state index is 11.8. The number of Topliss-reactive ketones (excluding diaryl/α,β-unsaturated/α-hetero) is 1. The first kappa shape index (κ1) is 20.8. The monoisotopic (exact) mass is 360 g/mol. The highest BCUT2D eigenvalue weighted by molar-refractivity contribution is 7.91. The van der Waals surface area contributed by atoms with E-state index in [4.69, 9.17) is 8.92 Å². The Morgan fingerprint density at radius 2 is 1.88 bits per heavy atom. The van der Waals surface area contributed by atoms with Gasteiger partial charge in [0.05, 0.1) is 19.8 Å². The third kappa shape index (κ3) is 8.56. The molecule has 1 rings (SSSR count). The minimum atomic E-state index is -0.0801. The first-order valence-electron chi connectivity index (χ1n) is 8.31. The molecule has 24 heavy (non-hydrogen) atoms. The number of carbonyl (C=O) groups excluding carboxylic acids is 3. The van der Waals surface area contributed by atoms with Gasteiger partial charge in [0.2, 0.25) is 11.8 Å². The summed E-state index contributed by atoms with van der Waals surface area (Å²) in [7, 11) is 0. The van der Waals surface area contributed by atoms with E-state index >= 15 is 0 Å². The van der Waals surface area contributed by atoms with Gasteiger partial charge in [0.25, 0.3) is 0 Å². The summed E-state index contributed by atoms with van der Waals surface area (Å²) in [6, 6.07) is 0.0597. The molecule has 8 heteroatoms. The van der Waals surface area contributed by atoms with E-state index < -0.39 is 0 Å². The third-order valence-corrected chi connectivity index (χ3v) is 4.22. The second-order valence-electron chi connectivity index (χ2n) is 5.69. The van der Waals surface area contributed by atoms with Crippen molar-refractivity contribution in [3.63, 3.8) is 0 Å². The Hall–Kier alpha value is -1.25. The first-order valence-corrected chi connectivity index (χ1v) is 9.31. The number of rotatable bonds is 13. The number of thiol groups is 1.